The van der Waals surface area contributed by atoms with Crippen LogP contribution in [0.15, 0.2) is 76.2 Å². The van der Waals surface area contributed by atoms with E-state index >= 15 is 0 Å². The molecule has 3 aliphatic heterocycles. The molecule has 3 aromatic heterocycles. The van der Waals surface area contributed by atoms with Gasteiger partial charge in [0, 0.05) is 99.1 Å². The third-order valence-electron chi connectivity index (χ3n) is 14.4. The molecule has 8 N–H and O–H groups in total. The highest BCUT2D eigenvalue weighted by atomic mass is 16.4. The molecule has 0 bridgehead atoms. The molecular formula is C53H66N16O8. The van der Waals surface area contributed by atoms with E-state index in [1.807, 2.05) is 27.8 Å². The number of piperazine rings is 2. The van der Waals surface area contributed by atoms with Crippen molar-refractivity contribution >= 4 is 52.3 Å². The number of fused-ring (bicyclic) bond motifs is 2. The fourth-order valence-corrected chi connectivity index (χ4v) is 10.0. The van der Waals surface area contributed by atoms with Gasteiger partial charge in [0.15, 0.2) is 11.5 Å². The monoisotopic (exact) mass is 1050 g/mol. The van der Waals surface area contributed by atoms with E-state index in [-0.39, 0.29) is 64.9 Å². The highest BCUT2D eigenvalue weighted by molar-refractivity contribution is 6.08. The van der Waals surface area contributed by atoms with Gasteiger partial charge in [0.25, 0.3) is 0 Å². The number of amides is 2. The first-order valence-corrected chi connectivity index (χ1v) is 26.3. The van der Waals surface area contributed by atoms with Crippen molar-refractivity contribution in [2.75, 3.05) is 80.6 Å². The molecule has 0 radical (unpaired) electrons. The Kier molecular flexibility index (Phi) is 16.6. The summed E-state index contributed by atoms with van der Waals surface area (Å²) in [6.07, 6.45) is 8.06. The van der Waals surface area contributed by atoms with Gasteiger partial charge in [0.1, 0.15) is 23.1 Å². The molecule has 2 saturated heterocycles. The number of unbranched alkanes of at least 4 members (excludes halogenated alkanes) is 2. The number of phenolic OH excluding ortho intramolecular Hbond substituents is 1. The van der Waals surface area contributed by atoms with Gasteiger partial charge in [-0.05, 0) is 106 Å². The van der Waals surface area contributed by atoms with Gasteiger partial charge in [-0.3, -0.25) is 14.4 Å². The highest BCUT2D eigenvalue weighted by Crippen LogP contribution is 2.43. The third-order valence-corrected chi connectivity index (χ3v) is 14.4. The number of aliphatic hydroxyl groups excluding tert-OH is 1. The lowest BCUT2D eigenvalue weighted by Gasteiger charge is -2.38. The molecule has 2 amide bonds. The smallest absolute Gasteiger partial charge is 0.336 e. The van der Waals surface area contributed by atoms with Crippen molar-refractivity contribution < 1.29 is 34.1 Å². The molecule has 24 nitrogen and oxygen atoms in total. The molecule has 1 aliphatic carbocycles. The van der Waals surface area contributed by atoms with Gasteiger partial charge in [0.2, 0.25) is 29.7 Å². The second kappa shape index (κ2) is 23.8. The van der Waals surface area contributed by atoms with Crippen molar-refractivity contribution in [1.82, 2.24) is 54.7 Å². The summed E-state index contributed by atoms with van der Waals surface area (Å²) >= 11 is 0. The van der Waals surface area contributed by atoms with Gasteiger partial charge < -0.3 is 56.1 Å². The van der Waals surface area contributed by atoms with Crippen LogP contribution in [-0.2, 0) is 22.4 Å². The third kappa shape index (κ3) is 12.0. The Hall–Kier alpha value is -8.09. The summed E-state index contributed by atoms with van der Waals surface area (Å²) in [7, 11) is 0. The van der Waals surface area contributed by atoms with Crippen molar-refractivity contribution in [1.29, 1.82) is 0 Å². The van der Waals surface area contributed by atoms with Crippen LogP contribution >= 0.6 is 0 Å². The van der Waals surface area contributed by atoms with Crippen LogP contribution in [-0.4, -0.2) is 159 Å². The maximum atomic E-state index is 14.4. The van der Waals surface area contributed by atoms with Gasteiger partial charge >= 0.3 is 5.97 Å². The van der Waals surface area contributed by atoms with E-state index in [9.17, 15) is 34.5 Å². The minimum atomic E-state index is -1.23. The molecular weight excluding hydrogens is 989 g/mol. The maximum Gasteiger partial charge on any atom is 0.336 e. The van der Waals surface area contributed by atoms with Crippen LogP contribution in [0, 0.1) is 5.92 Å². The first-order chi connectivity index (χ1) is 37.2. The van der Waals surface area contributed by atoms with Crippen molar-refractivity contribution in [2.45, 2.75) is 83.9 Å². The van der Waals surface area contributed by atoms with Crippen molar-refractivity contribution in [2.24, 2.45) is 17.4 Å². The standard InChI is InChI=1S/C53H66N16O8/c1-4-32(2)46(68-30-35(60-62-68)9-5-7-17-54)48(73)64-19-23-66(24-20-64)52-57-51(58-53(59-52)67-25-21-65(22-26-67)49(74)47(33(3)70)69-31-36(61-63-69)10-6-8-18-55)56-34-11-14-39(42(27-34)50(75)76)45-40-15-12-37(71)28-43(40)77-44-29-38(72)13-16-41(44)45/h11-16,27-33,46-47,70-71H,4-10,17-26,54-55H2,1-3H3,(H,75,76)(H,56,57,58,59)/t32-,33+,46-,47-/m0/s1. The van der Waals surface area contributed by atoms with E-state index in [4.69, 9.17) is 30.8 Å². The molecule has 5 aromatic rings. The van der Waals surface area contributed by atoms with E-state index in [0.29, 0.717) is 104 Å². The lowest BCUT2D eigenvalue weighted by Crippen LogP contribution is -2.53. The molecule has 0 unspecified atom stereocenters. The van der Waals surface area contributed by atoms with Crippen LogP contribution in [0.5, 0.6) is 5.75 Å². The fraction of sp³-hybridized carbons (Fsp3) is 0.453. The molecule has 6 heterocycles. The zero-order chi connectivity index (χ0) is 54.3. The van der Waals surface area contributed by atoms with E-state index in [1.54, 1.807) is 47.0 Å². The normalized spacial score (nSPS) is 15.7. The number of nitrogens with zero attached hydrogens (tertiary/aromatic N) is 13. The Morgan fingerprint density at radius 3 is 1.84 bits per heavy atom. The first-order valence-electron chi connectivity index (χ1n) is 26.3. The van der Waals surface area contributed by atoms with Gasteiger partial charge in [-0.2, -0.15) is 15.0 Å². The largest absolute Gasteiger partial charge is 0.508 e. The van der Waals surface area contributed by atoms with E-state index in [2.05, 4.69) is 32.9 Å². The van der Waals surface area contributed by atoms with Gasteiger partial charge in [-0.25, -0.2) is 14.2 Å². The molecule has 2 fully saturated rings. The van der Waals surface area contributed by atoms with Gasteiger partial charge in [-0.15, -0.1) is 10.2 Å². The Balaban J connectivity index is 0.994. The zero-order valence-electron chi connectivity index (χ0n) is 43.5. The van der Waals surface area contributed by atoms with Crippen LogP contribution in [0.1, 0.15) is 86.7 Å². The molecule has 9 rings (SSSR count). The van der Waals surface area contributed by atoms with Crippen molar-refractivity contribution in [3.63, 3.8) is 0 Å². The number of carbonyl (C=O) groups is 3. The summed E-state index contributed by atoms with van der Waals surface area (Å²) < 4.78 is 9.15. The van der Waals surface area contributed by atoms with Gasteiger partial charge in [0.05, 0.1) is 23.1 Å². The summed E-state index contributed by atoms with van der Waals surface area (Å²) in [6.45, 7) is 9.53. The minimum Gasteiger partial charge on any atom is -0.508 e. The summed E-state index contributed by atoms with van der Waals surface area (Å²) in [6, 6.07) is 12.1. The molecule has 0 spiro atoms. The number of rotatable bonds is 21. The van der Waals surface area contributed by atoms with Crippen LogP contribution in [0.2, 0.25) is 0 Å². The number of carboxylic acids is 1. The number of nitrogens with two attached hydrogens (primary N) is 2. The quantitative estimate of drug-likeness (QED) is 0.0440. The molecule has 24 heteroatoms. The number of aromatic nitrogens is 9. The second-order valence-corrected chi connectivity index (χ2v) is 19.8. The number of aryl methyl sites for hydroxylation is 2. The molecule has 4 atom stereocenters. The predicted octanol–water partition coefficient (Wildman–Crippen LogP) is 3.85. The number of carbonyl (C=O) groups excluding carboxylic acids is 2. The first kappa shape index (κ1) is 53.7. The minimum absolute atomic E-state index is 0.0152. The fourth-order valence-electron chi connectivity index (χ4n) is 10.0. The van der Waals surface area contributed by atoms with Gasteiger partial charge in [-0.1, -0.05) is 36.8 Å². The van der Waals surface area contributed by atoms with Crippen LogP contribution in [0.4, 0.5) is 23.5 Å². The average Bonchev–Trinajstić information content (AvgIpc) is 4.11. The SMILES string of the molecule is CC[C@H](C)[C@@H](C(=O)N1CCN(c2nc(Nc3ccc(-c4c5ccc(=O)cc-5oc5cc(O)ccc45)c(C(=O)O)c3)nc(N3CCN(C(=O)[C@H]([C@@H](C)O)n4cc(CCCCN)nn4)CC3)n2)CC1)n1cc(CCCCN)nn1. The highest BCUT2D eigenvalue weighted by Gasteiger charge is 2.36. The molecule has 4 aliphatic rings. The van der Waals surface area contributed by atoms with Crippen molar-refractivity contribution in [3.8, 4) is 28.2 Å². The Bertz CT molecular complexity index is 3230. The topological polar surface area (TPSA) is 319 Å². The maximum absolute atomic E-state index is 14.4. The predicted molar refractivity (Wildman–Crippen MR) is 287 cm³/mol. The van der Waals surface area contributed by atoms with E-state index < -0.39 is 24.2 Å². The zero-order valence-corrected chi connectivity index (χ0v) is 43.5. The number of aliphatic hydroxyl groups is 1. The Morgan fingerprint density at radius 2 is 1.29 bits per heavy atom. The summed E-state index contributed by atoms with van der Waals surface area (Å²) in [5, 5.41) is 52.9. The summed E-state index contributed by atoms with van der Waals surface area (Å²) in [5.41, 5.74) is 14.5. The number of hydrogen-bond donors (Lipinski definition) is 6. The van der Waals surface area contributed by atoms with Crippen molar-refractivity contribution in [3.05, 3.63) is 94.2 Å². The number of aromatic carboxylic acids is 1. The Labute approximate surface area is 444 Å². The van der Waals surface area contributed by atoms with Crippen LogP contribution in [0.3, 0.4) is 0 Å². The lowest BCUT2D eigenvalue weighted by molar-refractivity contribution is -0.139. The van der Waals surface area contributed by atoms with E-state index in [1.165, 1.54) is 35.0 Å². The summed E-state index contributed by atoms with van der Waals surface area (Å²) in [4.78, 5) is 76.3. The molecule has 406 valence electrons. The average molecular weight is 1060 g/mol. The number of carboxylic acid groups (broad SMARTS) is 1. The van der Waals surface area contributed by atoms with Crippen LogP contribution < -0.4 is 32.0 Å². The number of benzene rings is 3. The molecule has 2 aromatic carbocycles. The second-order valence-electron chi connectivity index (χ2n) is 19.8. The molecule has 0 saturated carbocycles. The lowest BCUT2D eigenvalue weighted by atomic mass is 9.90. The molecule has 77 heavy (non-hydrogen) atoms. The van der Waals surface area contributed by atoms with E-state index in [0.717, 1.165) is 44.2 Å². The number of phenols is 1. The number of aromatic hydroxyl groups is 1. The Morgan fingerprint density at radius 1 is 0.714 bits per heavy atom. The summed E-state index contributed by atoms with van der Waals surface area (Å²) in [5.74, 6) is -0.693. The number of hydrogen-bond acceptors (Lipinski definition) is 19. The number of nitrogens with one attached hydrogen (secondary N) is 1. The number of anilines is 4. The van der Waals surface area contributed by atoms with Crippen LogP contribution in [0.25, 0.3) is 33.4 Å².